The Bertz CT molecular complexity index is 312. The molecule has 14 heavy (non-hydrogen) atoms. The summed E-state index contributed by atoms with van der Waals surface area (Å²) in [5.41, 5.74) is 0.169. The molecule has 0 saturated heterocycles. The fraction of sp³-hybridized carbons (Fsp3) is 0.571. The van der Waals surface area contributed by atoms with Crippen LogP contribution in [-0.2, 0) is 14.9 Å². The number of carbonyl (C=O) groups excluding carboxylic acids is 1. The van der Waals surface area contributed by atoms with Gasteiger partial charge in [-0.3, -0.25) is 4.79 Å². The van der Waals surface area contributed by atoms with E-state index < -0.39 is 21.4 Å². The zero-order valence-corrected chi connectivity index (χ0v) is 11.3. The molecule has 0 bridgehead atoms. The molecule has 1 unspecified atom stereocenters. The van der Waals surface area contributed by atoms with Gasteiger partial charge in [-0.15, -0.1) is 0 Å². The van der Waals surface area contributed by atoms with Crippen LogP contribution in [0.1, 0.15) is 20.3 Å². The van der Waals surface area contributed by atoms with E-state index in [0.717, 1.165) is 0 Å². The van der Waals surface area contributed by atoms with Crippen molar-refractivity contribution in [2.75, 3.05) is 0 Å². The van der Waals surface area contributed by atoms with Gasteiger partial charge in [0.15, 0.2) is 0 Å². The largest absolute Gasteiger partial charge is 1.00 e. The Morgan fingerprint density at radius 1 is 1.57 bits per heavy atom. The van der Waals surface area contributed by atoms with Gasteiger partial charge in [-0.2, -0.15) is 0 Å². The third kappa shape index (κ3) is 5.77. The van der Waals surface area contributed by atoms with Crippen molar-refractivity contribution in [3.05, 3.63) is 12.2 Å². The fourth-order valence-electron chi connectivity index (χ4n) is 0.648. The Labute approximate surface area is 106 Å². The van der Waals surface area contributed by atoms with Crippen LogP contribution < -0.4 is 34.9 Å². The predicted molar refractivity (Wildman–Crippen MR) is 46.7 cm³/mol. The van der Waals surface area contributed by atoms with Gasteiger partial charge in [0.25, 0.3) is 0 Å². The zero-order valence-electron chi connectivity index (χ0n) is 8.53. The second-order valence-electron chi connectivity index (χ2n) is 2.64. The average Bonchev–Trinajstić information content (AvgIpc) is 1.96. The molecule has 0 aliphatic rings. The molecule has 0 fully saturated rings. The first-order chi connectivity index (χ1) is 5.79. The van der Waals surface area contributed by atoms with Crippen LogP contribution in [0.4, 0.5) is 0 Å². The second kappa shape index (κ2) is 6.58. The van der Waals surface area contributed by atoms with Crippen molar-refractivity contribution in [3.8, 4) is 0 Å². The van der Waals surface area contributed by atoms with Crippen molar-refractivity contribution < 1.29 is 47.3 Å². The van der Waals surface area contributed by atoms with E-state index in [-0.39, 0.29) is 41.6 Å². The molecule has 0 aromatic rings. The third-order valence-corrected chi connectivity index (χ3v) is 2.55. The van der Waals surface area contributed by atoms with E-state index >= 15 is 0 Å². The summed E-state index contributed by atoms with van der Waals surface area (Å²) in [6, 6.07) is 0. The van der Waals surface area contributed by atoms with Crippen molar-refractivity contribution in [1.82, 2.24) is 5.32 Å². The molecule has 0 aliphatic heterocycles. The summed E-state index contributed by atoms with van der Waals surface area (Å²) in [7, 11) is -4.47. The Kier molecular flexibility index (Phi) is 7.77. The summed E-state index contributed by atoms with van der Waals surface area (Å²) < 4.78 is 31.6. The normalized spacial score (nSPS) is 12.5. The van der Waals surface area contributed by atoms with E-state index in [1.807, 2.05) is 0 Å². The van der Waals surface area contributed by atoms with E-state index in [4.69, 9.17) is 0 Å². The van der Waals surface area contributed by atoms with E-state index in [2.05, 4.69) is 11.9 Å². The van der Waals surface area contributed by atoms with Crippen molar-refractivity contribution in [3.63, 3.8) is 0 Å². The molecule has 7 heteroatoms. The van der Waals surface area contributed by atoms with Crippen LogP contribution in [0, 0.1) is 0 Å². The summed E-state index contributed by atoms with van der Waals surface area (Å²) in [6.45, 7) is 6.24. The van der Waals surface area contributed by atoms with Gasteiger partial charge >= 0.3 is 29.6 Å². The predicted octanol–water partition coefficient (Wildman–Crippen LogP) is -3.04. The minimum Gasteiger partial charge on any atom is -0.746 e. The number of nitrogens with one attached hydrogen (secondary N) is 1. The summed E-state index contributed by atoms with van der Waals surface area (Å²) in [4.78, 5) is 10.9. The van der Waals surface area contributed by atoms with Gasteiger partial charge in [-0.05, 0) is 13.3 Å². The molecular formula is C7H12NNaO4S. The first-order valence-electron chi connectivity index (χ1n) is 3.70. The van der Waals surface area contributed by atoms with Crippen LogP contribution >= 0.6 is 0 Å². The molecule has 0 radical (unpaired) electrons. The van der Waals surface area contributed by atoms with Crippen LogP contribution in [0.25, 0.3) is 0 Å². The van der Waals surface area contributed by atoms with Crippen LogP contribution in [-0.4, -0.2) is 24.3 Å². The topological polar surface area (TPSA) is 86.3 Å². The Hall–Kier alpha value is 0.120. The van der Waals surface area contributed by atoms with Crippen LogP contribution in [0.2, 0.25) is 0 Å². The molecule has 0 aliphatic carbocycles. The summed E-state index contributed by atoms with van der Waals surface area (Å²) >= 11 is 0. The molecule has 0 saturated carbocycles. The molecule has 1 amide bonds. The quantitative estimate of drug-likeness (QED) is 0.315. The van der Waals surface area contributed by atoms with E-state index in [0.29, 0.717) is 0 Å². The van der Waals surface area contributed by atoms with Gasteiger partial charge < -0.3 is 9.87 Å². The van der Waals surface area contributed by atoms with Gasteiger partial charge in [0.1, 0.15) is 15.5 Å². The number of carbonyl (C=O) groups is 1. The summed E-state index contributed by atoms with van der Waals surface area (Å²) in [6.07, 6.45) is 0.0465. The van der Waals surface area contributed by atoms with Crippen LogP contribution in [0.3, 0.4) is 0 Å². The van der Waals surface area contributed by atoms with Crippen LogP contribution in [0.15, 0.2) is 12.2 Å². The molecule has 0 aromatic carbocycles. The summed E-state index contributed by atoms with van der Waals surface area (Å²) in [5.74, 6) is -0.619. The smallest absolute Gasteiger partial charge is 0.746 e. The SMILES string of the molecule is C=C(C)C(=O)NC(CC)S(=O)(=O)[O-].[Na+]. The first kappa shape index (κ1) is 16.5. The summed E-state index contributed by atoms with van der Waals surface area (Å²) in [5, 5.41) is 0.703. The van der Waals surface area contributed by atoms with Gasteiger partial charge in [0, 0.05) is 5.57 Å². The van der Waals surface area contributed by atoms with Crippen molar-refractivity contribution in [2.45, 2.75) is 25.6 Å². The van der Waals surface area contributed by atoms with E-state index in [1.165, 1.54) is 13.8 Å². The molecule has 76 valence electrons. The standard InChI is InChI=1S/C7H13NO4S.Na/c1-4-6(13(10,11)12)8-7(9)5(2)3;/h6H,2,4H2,1,3H3,(H,8,9)(H,10,11,12);/q;+1/p-1. The molecule has 5 nitrogen and oxygen atoms in total. The second-order valence-corrected chi connectivity index (χ2v) is 4.20. The molecule has 1 atom stereocenters. The number of hydrogen-bond donors (Lipinski definition) is 1. The molecule has 1 N–H and O–H groups in total. The molecule has 0 aromatic heterocycles. The number of rotatable bonds is 4. The van der Waals surface area contributed by atoms with Crippen molar-refractivity contribution >= 4 is 16.0 Å². The zero-order chi connectivity index (χ0) is 10.6. The maximum absolute atomic E-state index is 10.9. The Balaban J connectivity index is 0. The Morgan fingerprint density at radius 2 is 2.00 bits per heavy atom. The van der Waals surface area contributed by atoms with E-state index in [1.54, 1.807) is 0 Å². The maximum Gasteiger partial charge on any atom is 1.00 e. The molecular weight excluding hydrogens is 217 g/mol. The molecule has 0 heterocycles. The number of hydrogen-bond acceptors (Lipinski definition) is 4. The number of amides is 1. The monoisotopic (exact) mass is 229 g/mol. The minimum absolute atomic E-state index is 0. The molecule has 0 spiro atoms. The van der Waals surface area contributed by atoms with Gasteiger partial charge in [0.2, 0.25) is 5.91 Å². The van der Waals surface area contributed by atoms with Gasteiger partial charge in [-0.25, -0.2) is 8.42 Å². The van der Waals surface area contributed by atoms with Gasteiger partial charge in [0.05, 0.1) is 0 Å². The van der Waals surface area contributed by atoms with Crippen molar-refractivity contribution in [1.29, 1.82) is 0 Å². The van der Waals surface area contributed by atoms with Gasteiger partial charge in [-0.1, -0.05) is 13.5 Å². The van der Waals surface area contributed by atoms with E-state index in [9.17, 15) is 17.8 Å². The van der Waals surface area contributed by atoms with Crippen molar-refractivity contribution in [2.24, 2.45) is 0 Å². The first-order valence-corrected chi connectivity index (χ1v) is 5.17. The fourth-order valence-corrected chi connectivity index (χ4v) is 1.31. The Morgan fingerprint density at radius 3 is 2.21 bits per heavy atom. The third-order valence-electron chi connectivity index (χ3n) is 1.40. The van der Waals surface area contributed by atoms with Crippen LogP contribution in [0.5, 0.6) is 0 Å². The molecule has 0 rings (SSSR count). The minimum atomic E-state index is -4.47. The maximum atomic E-state index is 10.9. The average molecular weight is 229 g/mol.